The number of nitrogens with zero attached hydrogens (tertiary/aromatic N) is 2. The van der Waals surface area contributed by atoms with Crippen molar-refractivity contribution >= 4 is 32.8 Å². The van der Waals surface area contributed by atoms with Crippen molar-refractivity contribution in [2.75, 3.05) is 6.61 Å². The summed E-state index contributed by atoms with van der Waals surface area (Å²) in [6.45, 7) is 2.91. The Morgan fingerprint density at radius 3 is 2.78 bits per heavy atom. The number of aromatic nitrogens is 2. The van der Waals surface area contributed by atoms with Crippen molar-refractivity contribution in [1.29, 1.82) is 0 Å². The average Bonchev–Trinajstić information content (AvgIpc) is 2.75. The first-order valence-corrected chi connectivity index (χ1v) is 7.43. The maximum absolute atomic E-state index is 12.2. The van der Waals surface area contributed by atoms with Crippen LogP contribution in [0.1, 0.15) is 13.8 Å². The Balaban J connectivity index is 2.51. The molecule has 0 aliphatic heterocycles. The van der Waals surface area contributed by atoms with Gasteiger partial charge in [0.15, 0.2) is 0 Å². The minimum atomic E-state index is -3.73. The number of hydrogen-bond donors (Lipinski definition) is 2. The van der Waals surface area contributed by atoms with E-state index in [9.17, 15) is 8.42 Å². The van der Waals surface area contributed by atoms with Gasteiger partial charge < -0.3 is 5.11 Å². The molecular weight excluding hydrogens is 274 g/mol. The van der Waals surface area contributed by atoms with Gasteiger partial charge in [-0.2, -0.15) is 8.75 Å². The molecule has 6 nitrogen and oxygen atoms in total. The second kappa shape index (κ2) is 4.54. The molecule has 0 atom stereocenters. The third-order valence-electron chi connectivity index (χ3n) is 2.34. The quantitative estimate of drug-likeness (QED) is 0.865. The highest BCUT2D eigenvalue weighted by Crippen LogP contribution is 2.22. The standard InChI is InChI=1S/C10H13N3O3S2/c1-10(2,6-14)13-18(15,16)8-5-3-4-7-9(8)12-17-11-7/h3-5,13-14H,6H2,1-2H3. The zero-order valence-corrected chi connectivity index (χ0v) is 11.5. The molecule has 98 valence electrons. The van der Waals surface area contributed by atoms with Gasteiger partial charge >= 0.3 is 0 Å². The van der Waals surface area contributed by atoms with E-state index in [1.807, 2.05) is 0 Å². The van der Waals surface area contributed by atoms with E-state index in [0.29, 0.717) is 11.0 Å². The van der Waals surface area contributed by atoms with Crippen molar-refractivity contribution in [3.05, 3.63) is 18.2 Å². The number of fused-ring (bicyclic) bond motifs is 1. The topological polar surface area (TPSA) is 92.2 Å². The lowest BCUT2D eigenvalue weighted by atomic mass is 10.1. The van der Waals surface area contributed by atoms with Gasteiger partial charge in [0.05, 0.1) is 23.9 Å². The Bertz CT molecular complexity index is 664. The fraction of sp³-hybridized carbons (Fsp3) is 0.400. The van der Waals surface area contributed by atoms with E-state index in [-0.39, 0.29) is 11.5 Å². The Morgan fingerprint density at radius 1 is 1.39 bits per heavy atom. The third kappa shape index (κ3) is 2.51. The van der Waals surface area contributed by atoms with Crippen molar-refractivity contribution in [3.8, 4) is 0 Å². The first kappa shape index (κ1) is 13.3. The molecule has 0 radical (unpaired) electrons. The summed E-state index contributed by atoms with van der Waals surface area (Å²) in [6.07, 6.45) is 0. The number of benzene rings is 1. The zero-order valence-electron chi connectivity index (χ0n) is 9.91. The van der Waals surface area contributed by atoms with Gasteiger partial charge in [-0.05, 0) is 26.0 Å². The van der Waals surface area contributed by atoms with E-state index >= 15 is 0 Å². The Labute approximate surface area is 109 Å². The minimum Gasteiger partial charge on any atom is -0.394 e. The fourth-order valence-corrected chi connectivity index (χ4v) is 3.62. The number of nitrogens with one attached hydrogen (secondary N) is 1. The van der Waals surface area contributed by atoms with Crippen LogP contribution in [0.25, 0.3) is 11.0 Å². The fourth-order valence-electron chi connectivity index (χ4n) is 1.45. The highest BCUT2D eigenvalue weighted by molar-refractivity contribution is 7.89. The molecule has 8 heteroatoms. The molecule has 0 saturated carbocycles. The largest absolute Gasteiger partial charge is 0.394 e. The van der Waals surface area contributed by atoms with Crippen LogP contribution in [-0.2, 0) is 10.0 Å². The molecule has 1 aromatic heterocycles. The van der Waals surface area contributed by atoms with Crippen LogP contribution in [0.15, 0.2) is 23.1 Å². The molecule has 0 spiro atoms. The van der Waals surface area contributed by atoms with Crippen molar-refractivity contribution in [2.24, 2.45) is 0 Å². The molecule has 1 aromatic carbocycles. The summed E-state index contributed by atoms with van der Waals surface area (Å²) in [6, 6.07) is 4.79. The van der Waals surface area contributed by atoms with Crippen LogP contribution >= 0.6 is 11.7 Å². The smallest absolute Gasteiger partial charge is 0.243 e. The van der Waals surface area contributed by atoms with E-state index in [1.165, 1.54) is 6.07 Å². The lowest BCUT2D eigenvalue weighted by Crippen LogP contribution is -2.46. The summed E-state index contributed by atoms with van der Waals surface area (Å²) in [5, 5.41) is 9.12. The highest BCUT2D eigenvalue weighted by atomic mass is 32.2. The summed E-state index contributed by atoms with van der Waals surface area (Å²) >= 11 is 0.965. The van der Waals surface area contributed by atoms with Crippen LogP contribution < -0.4 is 4.72 Å². The van der Waals surface area contributed by atoms with Gasteiger partial charge in [0.1, 0.15) is 15.9 Å². The van der Waals surface area contributed by atoms with Gasteiger partial charge in [-0.1, -0.05) is 6.07 Å². The van der Waals surface area contributed by atoms with Crippen molar-refractivity contribution in [3.63, 3.8) is 0 Å². The molecule has 18 heavy (non-hydrogen) atoms. The minimum absolute atomic E-state index is 0.0790. The number of rotatable bonds is 4. The highest BCUT2D eigenvalue weighted by Gasteiger charge is 2.27. The van der Waals surface area contributed by atoms with Crippen LogP contribution in [0.5, 0.6) is 0 Å². The van der Waals surface area contributed by atoms with E-state index in [0.717, 1.165) is 11.7 Å². The number of sulfonamides is 1. The summed E-state index contributed by atoms with van der Waals surface area (Å²) in [5.41, 5.74) is -0.0295. The monoisotopic (exact) mass is 287 g/mol. The number of hydrogen-bond acceptors (Lipinski definition) is 6. The molecule has 0 aliphatic rings. The van der Waals surface area contributed by atoms with Crippen LogP contribution in [0.3, 0.4) is 0 Å². The van der Waals surface area contributed by atoms with Crippen LogP contribution in [-0.4, -0.2) is 34.4 Å². The molecule has 2 N–H and O–H groups in total. The molecule has 0 saturated heterocycles. The molecule has 2 aromatic rings. The maximum atomic E-state index is 12.2. The summed E-state index contributed by atoms with van der Waals surface area (Å²) < 4.78 is 34.9. The van der Waals surface area contributed by atoms with Gasteiger partial charge in [0.25, 0.3) is 0 Å². The summed E-state index contributed by atoms with van der Waals surface area (Å²) in [5.74, 6) is 0. The van der Waals surface area contributed by atoms with Crippen LogP contribution in [0.2, 0.25) is 0 Å². The van der Waals surface area contributed by atoms with Crippen LogP contribution in [0.4, 0.5) is 0 Å². The van der Waals surface area contributed by atoms with E-state index in [2.05, 4.69) is 13.5 Å². The van der Waals surface area contributed by atoms with Crippen molar-refractivity contribution in [2.45, 2.75) is 24.3 Å². The first-order valence-electron chi connectivity index (χ1n) is 5.22. The SMILES string of the molecule is CC(C)(CO)NS(=O)(=O)c1cccc2nsnc12. The first-order chi connectivity index (χ1) is 8.36. The molecule has 1 heterocycles. The normalized spacial score (nSPS) is 13.1. The molecule has 0 unspecified atom stereocenters. The van der Waals surface area contributed by atoms with Gasteiger partial charge in [-0.15, -0.1) is 0 Å². The Morgan fingerprint density at radius 2 is 2.11 bits per heavy atom. The molecule has 0 fully saturated rings. The van der Waals surface area contributed by atoms with Gasteiger partial charge in [-0.25, -0.2) is 13.1 Å². The second-order valence-electron chi connectivity index (χ2n) is 4.54. The molecule has 0 bridgehead atoms. The van der Waals surface area contributed by atoms with Crippen molar-refractivity contribution < 1.29 is 13.5 Å². The predicted molar refractivity (Wildman–Crippen MR) is 68.9 cm³/mol. The zero-order chi connectivity index (χ0) is 13.4. The van der Waals surface area contributed by atoms with E-state index in [1.54, 1.807) is 26.0 Å². The molecule has 2 rings (SSSR count). The summed E-state index contributed by atoms with van der Waals surface area (Å²) in [7, 11) is -3.73. The summed E-state index contributed by atoms with van der Waals surface area (Å²) in [4.78, 5) is 0.0790. The van der Waals surface area contributed by atoms with Crippen LogP contribution in [0, 0.1) is 0 Å². The second-order valence-corrected chi connectivity index (χ2v) is 6.71. The lowest BCUT2D eigenvalue weighted by molar-refractivity contribution is 0.208. The average molecular weight is 287 g/mol. The molecule has 0 aliphatic carbocycles. The predicted octanol–water partition coefficient (Wildman–Crippen LogP) is 0.740. The lowest BCUT2D eigenvalue weighted by Gasteiger charge is -2.23. The molecule has 0 amide bonds. The number of aliphatic hydroxyl groups is 1. The van der Waals surface area contributed by atoms with E-state index in [4.69, 9.17) is 5.11 Å². The number of aliphatic hydroxyl groups excluding tert-OH is 1. The van der Waals surface area contributed by atoms with Crippen molar-refractivity contribution in [1.82, 2.24) is 13.5 Å². The van der Waals surface area contributed by atoms with E-state index < -0.39 is 15.6 Å². The third-order valence-corrected chi connectivity index (χ3v) is 4.62. The Hall–Kier alpha value is -1.09. The van der Waals surface area contributed by atoms with Gasteiger partial charge in [0.2, 0.25) is 10.0 Å². The van der Waals surface area contributed by atoms with Gasteiger partial charge in [0, 0.05) is 0 Å². The molecular formula is C10H13N3O3S2. The Kier molecular flexibility index (Phi) is 3.37. The maximum Gasteiger partial charge on any atom is 0.243 e. The van der Waals surface area contributed by atoms with Gasteiger partial charge in [-0.3, -0.25) is 0 Å².